The Morgan fingerprint density at radius 2 is 1.29 bits per heavy atom. The molecule has 0 aromatic heterocycles. The lowest BCUT2D eigenvalue weighted by molar-refractivity contribution is 0.105. The van der Waals surface area contributed by atoms with Gasteiger partial charge in [0.2, 0.25) is 0 Å². The number of ketones is 1. The largest absolute Gasteiger partial charge is 0.515 e. The van der Waals surface area contributed by atoms with Gasteiger partial charge in [-0.25, -0.2) is 0 Å². The van der Waals surface area contributed by atoms with Crippen LogP contribution < -0.4 is 0 Å². The van der Waals surface area contributed by atoms with Crippen LogP contribution in [0.3, 0.4) is 0 Å². The highest BCUT2D eigenvalue weighted by atomic mass is 16.2. The Bertz CT molecular complexity index is 527. The summed E-state index contributed by atoms with van der Waals surface area (Å²) < 4.78 is 0. The van der Waals surface area contributed by atoms with Crippen molar-refractivity contribution >= 4 is 11.4 Å². The zero-order valence-corrected chi connectivity index (χ0v) is 9.21. The second-order valence-electron chi connectivity index (χ2n) is 3.60. The molecule has 0 bridgehead atoms. The second kappa shape index (κ2) is 5.12. The molecule has 0 aliphatic heterocycles. The molecule has 0 heterocycles. The first kappa shape index (κ1) is 11.1. The van der Waals surface area contributed by atoms with Crippen molar-refractivity contribution in [1.82, 2.24) is 0 Å². The summed E-state index contributed by atoms with van der Waals surface area (Å²) in [6, 6.07) is 18.0. The van der Waals surface area contributed by atoms with Crippen molar-refractivity contribution in [3.05, 3.63) is 78.1 Å². The van der Waals surface area contributed by atoms with E-state index in [4.69, 9.17) is 0 Å². The van der Waals surface area contributed by atoms with Crippen molar-refractivity contribution in [2.45, 2.75) is 0 Å². The van der Waals surface area contributed by atoms with E-state index in [9.17, 15) is 9.90 Å². The lowest BCUT2D eigenvalue weighted by atomic mass is 9.98. The highest BCUT2D eigenvalue weighted by Crippen LogP contribution is 2.18. The van der Waals surface area contributed by atoms with Gasteiger partial charge in [-0.3, -0.25) is 4.79 Å². The quantitative estimate of drug-likeness (QED) is 0.492. The minimum absolute atomic E-state index is 0.181. The van der Waals surface area contributed by atoms with Gasteiger partial charge in [0.05, 0.1) is 11.8 Å². The average Bonchev–Trinajstić information content (AvgIpc) is 2.42. The van der Waals surface area contributed by atoms with Gasteiger partial charge in [0.1, 0.15) is 0 Å². The number of Topliss-reactive ketones (excluding diaryl/α,β-unsaturated/α-hetero) is 1. The number of aliphatic hydroxyl groups is 1. The molecular weight excluding hydrogens is 212 g/mol. The number of allylic oxidation sites excluding steroid dienone is 1. The Labute approximate surface area is 99.8 Å². The predicted molar refractivity (Wildman–Crippen MR) is 67.8 cm³/mol. The van der Waals surface area contributed by atoms with Crippen LogP contribution in [0.15, 0.2) is 66.9 Å². The zero-order valence-electron chi connectivity index (χ0n) is 9.21. The van der Waals surface area contributed by atoms with E-state index in [0.717, 1.165) is 6.26 Å². The Balaban J connectivity index is 2.37. The van der Waals surface area contributed by atoms with Crippen LogP contribution >= 0.6 is 0 Å². The van der Waals surface area contributed by atoms with Crippen LogP contribution in [-0.4, -0.2) is 10.9 Å². The summed E-state index contributed by atoms with van der Waals surface area (Å²) in [5, 5.41) is 9.23. The maximum Gasteiger partial charge on any atom is 0.196 e. The number of hydrogen-bond donors (Lipinski definition) is 1. The van der Waals surface area contributed by atoms with E-state index in [2.05, 4.69) is 0 Å². The van der Waals surface area contributed by atoms with Gasteiger partial charge >= 0.3 is 0 Å². The summed E-state index contributed by atoms with van der Waals surface area (Å²) in [5.41, 5.74) is 1.58. The van der Waals surface area contributed by atoms with Gasteiger partial charge in [-0.2, -0.15) is 0 Å². The normalized spacial score (nSPS) is 11.2. The van der Waals surface area contributed by atoms with Gasteiger partial charge in [0, 0.05) is 5.56 Å². The third-order valence-corrected chi connectivity index (χ3v) is 2.49. The Morgan fingerprint density at radius 3 is 1.76 bits per heavy atom. The molecule has 0 saturated heterocycles. The molecule has 84 valence electrons. The topological polar surface area (TPSA) is 37.3 Å². The van der Waals surface area contributed by atoms with Crippen molar-refractivity contribution in [3.63, 3.8) is 0 Å². The van der Waals surface area contributed by atoms with Crippen LogP contribution in [-0.2, 0) is 0 Å². The molecule has 17 heavy (non-hydrogen) atoms. The average molecular weight is 224 g/mol. The molecular formula is C15H12O2. The molecule has 2 aromatic rings. The number of carbonyl (C=O) groups excluding carboxylic acids is 1. The number of aliphatic hydroxyl groups excluding tert-OH is 1. The Morgan fingerprint density at radius 1 is 0.824 bits per heavy atom. The van der Waals surface area contributed by atoms with E-state index < -0.39 is 0 Å². The number of rotatable bonds is 3. The number of benzene rings is 2. The van der Waals surface area contributed by atoms with Crippen LogP contribution in [0, 0.1) is 0 Å². The maximum atomic E-state index is 12.1. The van der Waals surface area contributed by atoms with E-state index in [1.807, 2.05) is 24.3 Å². The van der Waals surface area contributed by atoms with Crippen LogP contribution in [0.5, 0.6) is 0 Å². The van der Waals surface area contributed by atoms with E-state index in [1.165, 1.54) is 0 Å². The fraction of sp³-hybridized carbons (Fsp3) is 0. The van der Waals surface area contributed by atoms with Crippen molar-refractivity contribution in [2.24, 2.45) is 0 Å². The van der Waals surface area contributed by atoms with Crippen LogP contribution in [0.2, 0.25) is 0 Å². The molecule has 0 amide bonds. The second-order valence-corrected chi connectivity index (χ2v) is 3.60. The minimum atomic E-state index is -0.181. The third kappa shape index (κ3) is 2.42. The van der Waals surface area contributed by atoms with Crippen LogP contribution in [0.4, 0.5) is 0 Å². The van der Waals surface area contributed by atoms with E-state index in [0.29, 0.717) is 16.7 Å². The number of hydrogen-bond acceptors (Lipinski definition) is 2. The van der Waals surface area contributed by atoms with Crippen LogP contribution in [0.1, 0.15) is 15.9 Å². The molecule has 2 heteroatoms. The molecule has 2 nitrogen and oxygen atoms in total. The fourth-order valence-electron chi connectivity index (χ4n) is 1.63. The zero-order chi connectivity index (χ0) is 12.1. The molecule has 0 unspecified atom stereocenters. The highest BCUT2D eigenvalue weighted by molar-refractivity contribution is 6.28. The highest BCUT2D eigenvalue weighted by Gasteiger charge is 2.13. The first-order valence-corrected chi connectivity index (χ1v) is 5.32. The summed E-state index contributed by atoms with van der Waals surface area (Å²) in [7, 11) is 0. The monoisotopic (exact) mass is 224 g/mol. The molecule has 0 fully saturated rings. The Kier molecular flexibility index (Phi) is 3.36. The molecule has 0 aliphatic rings. The van der Waals surface area contributed by atoms with Crippen molar-refractivity contribution in [3.8, 4) is 0 Å². The standard InChI is InChI=1S/C15H12O2/c16-11-14(12-7-3-1-4-8-12)15(17)13-9-5-2-6-10-13/h1-11,16H/b14-11+. The van der Waals surface area contributed by atoms with Gasteiger partial charge in [-0.05, 0) is 5.56 Å². The summed E-state index contributed by atoms with van der Waals surface area (Å²) in [6.45, 7) is 0. The smallest absolute Gasteiger partial charge is 0.196 e. The lowest BCUT2D eigenvalue weighted by Crippen LogP contribution is -2.02. The number of carbonyl (C=O) groups is 1. The van der Waals surface area contributed by atoms with Gasteiger partial charge in [0.15, 0.2) is 5.78 Å². The van der Waals surface area contributed by atoms with Gasteiger partial charge < -0.3 is 5.11 Å². The first-order valence-electron chi connectivity index (χ1n) is 5.32. The lowest BCUT2D eigenvalue weighted by Gasteiger charge is -2.05. The van der Waals surface area contributed by atoms with Gasteiger partial charge in [-0.15, -0.1) is 0 Å². The summed E-state index contributed by atoms with van der Waals surface area (Å²) in [6.07, 6.45) is 0.866. The fourth-order valence-corrected chi connectivity index (χ4v) is 1.63. The maximum absolute atomic E-state index is 12.1. The molecule has 0 radical (unpaired) electrons. The van der Waals surface area contributed by atoms with Crippen molar-refractivity contribution in [2.75, 3.05) is 0 Å². The summed E-state index contributed by atoms with van der Waals surface area (Å²) in [5.74, 6) is -0.181. The SMILES string of the molecule is O=C(/C(=C/O)c1ccccc1)c1ccccc1. The molecule has 1 N–H and O–H groups in total. The third-order valence-electron chi connectivity index (χ3n) is 2.49. The van der Waals surface area contributed by atoms with Gasteiger partial charge in [-0.1, -0.05) is 60.7 Å². The summed E-state index contributed by atoms with van der Waals surface area (Å²) in [4.78, 5) is 12.1. The van der Waals surface area contributed by atoms with E-state index >= 15 is 0 Å². The molecule has 0 aliphatic carbocycles. The van der Waals surface area contributed by atoms with Gasteiger partial charge in [0.25, 0.3) is 0 Å². The van der Waals surface area contributed by atoms with Crippen LogP contribution in [0.25, 0.3) is 5.57 Å². The van der Waals surface area contributed by atoms with E-state index in [1.54, 1.807) is 36.4 Å². The van der Waals surface area contributed by atoms with Crippen molar-refractivity contribution in [1.29, 1.82) is 0 Å². The molecule has 2 aromatic carbocycles. The molecule has 0 atom stereocenters. The molecule has 2 rings (SSSR count). The molecule has 0 spiro atoms. The summed E-state index contributed by atoms with van der Waals surface area (Å²) >= 11 is 0. The molecule has 0 saturated carbocycles. The first-order chi connectivity index (χ1) is 8.33. The minimum Gasteiger partial charge on any atom is -0.515 e. The Hall–Kier alpha value is -2.35. The van der Waals surface area contributed by atoms with Crippen molar-refractivity contribution < 1.29 is 9.90 Å². The van der Waals surface area contributed by atoms with E-state index in [-0.39, 0.29) is 5.78 Å². The predicted octanol–water partition coefficient (Wildman–Crippen LogP) is 3.47.